The topological polar surface area (TPSA) is 59.1 Å². The van der Waals surface area contributed by atoms with Crippen molar-refractivity contribution in [3.8, 4) is 0 Å². The molecule has 0 aliphatic carbocycles. The molecule has 4 rings (SSSR count). The van der Waals surface area contributed by atoms with Crippen molar-refractivity contribution in [2.24, 2.45) is 0 Å². The Morgan fingerprint density at radius 1 is 1.13 bits per heavy atom. The van der Waals surface area contributed by atoms with E-state index in [1.165, 1.54) is 30.4 Å². The van der Waals surface area contributed by atoms with Crippen LogP contribution in [0.2, 0.25) is 0 Å². The molecule has 170 valence electrons. The highest BCUT2D eigenvalue weighted by atomic mass is 16.3. The minimum absolute atomic E-state index is 0.0525. The number of nitrogens with one attached hydrogen (secondary N) is 1. The van der Waals surface area contributed by atoms with Crippen molar-refractivity contribution in [2.75, 3.05) is 26.2 Å². The molecule has 3 unspecified atom stereocenters. The number of aliphatic hydroxyl groups excluding tert-OH is 1. The monoisotopic (exact) mass is 426 g/mol. The minimum Gasteiger partial charge on any atom is -0.372 e. The van der Waals surface area contributed by atoms with Gasteiger partial charge in [-0.05, 0) is 44.2 Å². The van der Waals surface area contributed by atoms with Crippen LogP contribution in [-0.2, 0) is 4.79 Å². The summed E-state index contributed by atoms with van der Waals surface area (Å²) in [6.07, 6.45) is 9.40. The zero-order valence-electron chi connectivity index (χ0n) is 19.1. The van der Waals surface area contributed by atoms with Gasteiger partial charge in [-0.15, -0.1) is 0 Å². The molecule has 0 bridgehead atoms. The largest absolute Gasteiger partial charge is 0.372 e. The SMILES string of the molecule is CCCCCC1CN(CC(=O)N2CCCCC2)C(O)C2=CC(c3ccc(C)cc3)NN21. The molecule has 3 heterocycles. The second-order valence-corrected chi connectivity index (χ2v) is 9.37. The molecule has 3 aliphatic heterocycles. The van der Waals surface area contributed by atoms with Crippen LogP contribution >= 0.6 is 0 Å². The number of piperazine rings is 1. The van der Waals surface area contributed by atoms with Crippen molar-refractivity contribution in [1.82, 2.24) is 20.2 Å². The van der Waals surface area contributed by atoms with Crippen LogP contribution in [0.15, 0.2) is 36.0 Å². The van der Waals surface area contributed by atoms with E-state index in [9.17, 15) is 9.90 Å². The Labute approximate surface area is 186 Å². The van der Waals surface area contributed by atoms with Crippen molar-refractivity contribution >= 4 is 5.91 Å². The number of unbranched alkanes of at least 4 members (excludes halogenated alkanes) is 2. The Bertz CT molecular complexity index is 772. The Balaban J connectivity index is 1.50. The zero-order chi connectivity index (χ0) is 21.8. The number of likely N-dealkylation sites (tertiary alicyclic amines) is 1. The molecule has 3 atom stereocenters. The predicted octanol–water partition coefficient (Wildman–Crippen LogP) is 3.34. The van der Waals surface area contributed by atoms with Crippen molar-refractivity contribution in [1.29, 1.82) is 0 Å². The van der Waals surface area contributed by atoms with Crippen LogP contribution in [0.5, 0.6) is 0 Å². The maximum atomic E-state index is 12.9. The fourth-order valence-electron chi connectivity index (χ4n) is 5.04. The first-order valence-electron chi connectivity index (χ1n) is 12.1. The van der Waals surface area contributed by atoms with Crippen molar-refractivity contribution in [3.05, 3.63) is 47.2 Å². The summed E-state index contributed by atoms with van der Waals surface area (Å²) in [7, 11) is 0. The normalized spacial score (nSPS) is 26.7. The van der Waals surface area contributed by atoms with Crippen molar-refractivity contribution < 1.29 is 9.90 Å². The van der Waals surface area contributed by atoms with E-state index in [-0.39, 0.29) is 18.0 Å². The number of aliphatic hydroxyl groups is 1. The molecule has 0 spiro atoms. The number of aryl methyl sites for hydroxylation is 1. The van der Waals surface area contributed by atoms with E-state index >= 15 is 0 Å². The number of hydrogen-bond acceptors (Lipinski definition) is 5. The molecule has 3 aliphatic rings. The molecule has 2 fully saturated rings. The number of fused-ring (bicyclic) bond motifs is 1. The molecule has 6 heteroatoms. The zero-order valence-corrected chi connectivity index (χ0v) is 19.1. The van der Waals surface area contributed by atoms with Gasteiger partial charge in [0.05, 0.1) is 24.3 Å². The average molecular weight is 427 g/mol. The number of nitrogens with zero attached hydrogens (tertiary/aromatic N) is 3. The quantitative estimate of drug-likeness (QED) is 0.655. The van der Waals surface area contributed by atoms with Crippen LogP contribution in [0.1, 0.15) is 69.0 Å². The molecule has 6 nitrogen and oxygen atoms in total. The molecule has 2 saturated heterocycles. The fraction of sp³-hybridized carbons (Fsp3) is 0.640. The molecule has 0 saturated carbocycles. The van der Waals surface area contributed by atoms with Crippen LogP contribution in [0.25, 0.3) is 0 Å². The van der Waals surface area contributed by atoms with Gasteiger partial charge < -0.3 is 15.0 Å². The molecule has 1 amide bonds. The maximum Gasteiger partial charge on any atom is 0.236 e. The van der Waals surface area contributed by atoms with Gasteiger partial charge in [-0.3, -0.25) is 9.69 Å². The van der Waals surface area contributed by atoms with Gasteiger partial charge in [0.2, 0.25) is 5.91 Å². The van der Waals surface area contributed by atoms with E-state index in [1.807, 2.05) is 9.80 Å². The first-order chi connectivity index (χ1) is 15.1. The first kappa shape index (κ1) is 22.3. The highest BCUT2D eigenvalue weighted by Gasteiger charge is 2.41. The number of benzene rings is 1. The number of piperidine rings is 1. The van der Waals surface area contributed by atoms with E-state index in [0.717, 1.165) is 44.5 Å². The lowest BCUT2D eigenvalue weighted by atomic mass is 10.0. The summed E-state index contributed by atoms with van der Waals surface area (Å²) < 4.78 is 0. The van der Waals surface area contributed by atoms with Crippen molar-refractivity contribution in [2.45, 2.75) is 77.1 Å². The third kappa shape index (κ3) is 5.13. The third-order valence-corrected chi connectivity index (χ3v) is 6.94. The lowest BCUT2D eigenvalue weighted by molar-refractivity contribution is -0.138. The van der Waals surface area contributed by atoms with Gasteiger partial charge in [0, 0.05) is 19.6 Å². The fourth-order valence-corrected chi connectivity index (χ4v) is 5.04. The lowest BCUT2D eigenvalue weighted by Crippen LogP contribution is -2.60. The van der Waals surface area contributed by atoms with Gasteiger partial charge in [-0.2, -0.15) is 0 Å². The number of rotatable bonds is 7. The van der Waals surface area contributed by atoms with E-state index in [0.29, 0.717) is 13.1 Å². The summed E-state index contributed by atoms with van der Waals surface area (Å²) in [6.45, 7) is 7.03. The molecule has 2 N–H and O–H groups in total. The van der Waals surface area contributed by atoms with E-state index in [2.05, 4.69) is 54.6 Å². The molecule has 0 aromatic heterocycles. The second kappa shape index (κ2) is 10.2. The van der Waals surface area contributed by atoms with Gasteiger partial charge in [-0.1, -0.05) is 56.0 Å². The lowest BCUT2D eigenvalue weighted by Gasteiger charge is -2.45. The number of carbonyl (C=O) groups is 1. The van der Waals surface area contributed by atoms with Crippen LogP contribution in [0, 0.1) is 6.92 Å². The number of hydrogen-bond donors (Lipinski definition) is 2. The summed E-state index contributed by atoms with van der Waals surface area (Å²) in [4.78, 5) is 16.9. The number of amides is 1. The minimum atomic E-state index is -0.751. The summed E-state index contributed by atoms with van der Waals surface area (Å²) in [5.41, 5.74) is 6.97. The highest BCUT2D eigenvalue weighted by Crippen LogP contribution is 2.34. The maximum absolute atomic E-state index is 12.9. The Kier molecular flexibility index (Phi) is 7.31. The van der Waals surface area contributed by atoms with E-state index in [4.69, 9.17) is 0 Å². The van der Waals surface area contributed by atoms with Crippen LogP contribution in [0.4, 0.5) is 0 Å². The van der Waals surface area contributed by atoms with Gasteiger partial charge in [0.25, 0.3) is 0 Å². The number of carbonyl (C=O) groups excluding carboxylic acids is 1. The van der Waals surface area contributed by atoms with Crippen molar-refractivity contribution in [3.63, 3.8) is 0 Å². The summed E-state index contributed by atoms with van der Waals surface area (Å²) in [5, 5.41) is 13.4. The van der Waals surface area contributed by atoms with E-state index < -0.39 is 6.23 Å². The summed E-state index contributed by atoms with van der Waals surface area (Å²) in [5.74, 6) is 0.154. The molecular formula is C25H38N4O2. The molecule has 1 aromatic rings. The molecule has 0 radical (unpaired) electrons. The molecular weight excluding hydrogens is 388 g/mol. The average Bonchev–Trinajstić information content (AvgIpc) is 3.24. The second-order valence-electron chi connectivity index (χ2n) is 9.37. The highest BCUT2D eigenvalue weighted by molar-refractivity contribution is 5.78. The number of hydrazine groups is 1. The standard InChI is InChI=1S/C25H38N4O2/c1-3-4-6-9-21-17-28(18-24(30)27-14-7-5-8-15-27)25(31)23-16-22(26-29(21)23)20-12-10-19(2)11-13-20/h10-13,16,21-22,25-26,31H,3-9,14-15,17-18H2,1-2H3. The van der Waals surface area contributed by atoms with E-state index in [1.54, 1.807) is 0 Å². The van der Waals surface area contributed by atoms with Gasteiger partial charge in [0.15, 0.2) is 0 Å². The van der Waals surface area contributed by atoms with Crippen LogP contribution in [0.3, 0.4) is 0 Å². The molecule has 31 heavy (non-hydrogen) atoms. The van der Waals surface area contributed by atoms with Gasteiger partial charge in [-0.25, -0.2) is 5.43 Å². The predicted molar refractivity (Wildman–Crippen MR) is 123 cm³/mol. The Morgan fingerprint density at radius 2 is 1.87 bits per heavy atom. The Hall–Kier alpha value is -1.89. The summed E-state index contributed by atoms with van der Waals surface area (Å²) in [6, 6.07) is 8.87. The van der Waals surface area contributed by atoms with Crippen LogP contribution < -0.4 is 5.43 Å². The summed E-state index contributed by atoms with van der Waals surface area (Å²) >= 11 is 0. The first-order valence-corrected chi connectivity index (χ1v) is 12.1. The molecule has 1 aromatic carbocycles. The van der Waals surface area contributed by atoms with Gasteiger partial charge in [0.1, 0.15) is 6.23 Å². The third-order valence-electron chi connectivity index (χ3n) is 6.94. The van der Waals surface area contributed by atoms with Gasteiger partial charge >= 0.3 is 0 Å². The Morgan fingerprint density at radius 3 is 2.58 bits per heavy atom. The smallest absolute Gasteiger partial charge is 0.236 e. The van der Waals surface area contributed by atoms with Crippen LogP contribution in [-0.4, -0.2) is 64.3 Å².